The predicted molar refractivity (Wildman–Crippen MR) is 109 cm³/mol. The maximum absolute atomic E-state index is 11.7. The average molecular weight is 435 g/mol. The number of nitrogens with one attached hydrogen (secondary N) is 1. The van der Waals surface area contributed by atoms with Crippen LogP contribution in [0.15, 0.2) is 17.5 Å². The number of thiazole rings is 2. The van der Waals surface area contributed by atoms with Crippen LogP contribution in [-0.4, -0.2) is 47.9 Å². The smallest absolute Gasteiger partial charge is 0.427 e. The lowest BCUT2D eigenvalue weighted by molar-refractivity contribution is 0.171. The van der Waals surface area contributed by atoms with Crippen molar-refractivity contribution in [3.05, 3.63) is 44.9 Å². The molecule has 10 nitrogen and oxygen atoms in total. The number of hydrogen-bond donors (Lipinski definition) is 3. The number of imidazole rings is 2. The summed E-state index contributed by atoms with van der Waals surface area (Å²) in [6.45, 7) is 3.50. The molecule has 0 saturated heterocycles. The van der Waals surface area contributed by atoms with E-state index in [4.69, 9.17) is 0 Å². The van der Waals surface area contributed by atoms with Gasteiger partial charge in [0, 0.05) is 12.4 Å². The number of nitrogens with zero attached hydrogens (tertiary/aromatic N) is 5. The van der Waals surface area contributed by atoms with Gasteiger partial charge in [-0.3, -0.25) is 8.80 Å². The Hall–Kier alpha value is -2.80. The second-order valence-electron chi connectivity index (χ2n) is 6.17. The SMILES string of the molecule is COC(=O)NN=C(c1c(C)nc2sc(CO)cn12)c1c(C)nc2sc(CO)cn12. The van der Waals surface area contributed by atoms with E-state index in [1.165, 1.54) is 29.8 Å². The van der Waals surface area contributed by atoms with Crippen LogP contribution in [0.3, 0.4) is 0 Å². The number of aliphatic hydroxyl groups is 2. The number of rotatable bonds is 5. The van der Waals surface area contributed by atoms with Crippen LogP contribution in [0.4, 0.5) is 4.79 Å². The molecule has 29 heavy (non-hydrogen) atoms. The van der Waals surface area contributed by atoms with Crippen molar-refractivity contribution < 1.29 is 19.7 Å². The number of carbonyl (C=O) groups excluding carboxylic acids is 1. The first-order valence-electron chi connectivity index (χ1n) is 8.55. The van der Waals surface area contributed by atoms with Crippen molar-refractivity contribution in [2.24, 2.45) is 5.10 Å². The number of hydrazone groups is 1. The van der Waals surface area contributed by atoms with Crippen molar-refractivity contribution in [3.63, 3.8) is 0 Å². The van der Waals surface area contributed by atoms with Gasteiger partial charge in [-0.1, -0.05) is 22.7 Å². The van der Waals surface area contributed by atoms with Gasteiger partial charge in [-0.2, -0.15) is 5.10 Å². The monoisotopic (exact) mass is 434 g/mol. The lowest BCUT2D eigenvalue weighted by atomic mass is 10.1. The van der Waals surface area contributed by atoms with Gasteiger partial charge in [0.1, 0.15) is 5.71 Å². The van der Waals surface area contributed by atoms with Crippen molar-refractivity contribution in [1.29, 1.82) is 0 Å². The summed E-state index contributed by atoms with van der Waals surface area (Å²) < 4.78 is 8.32. The zero-order chi connectivity index (χ0) is 20.7. The molecule has 1 amide bonds. The van der Waals surface area contributed by atoms with E-state index in [9.17, 15) is 15.0 Å². The quantitative estimate of drug-likeness (QED) is 0.325. The molecule has 0 aliphatic carbocycles. The first kappa shape index (κ1) is 19.5. The fourth-order valence-electron chi connectivity index (χ4n) is 3.08. The summed E-state index contributed by atoms with van der Waals surface area (Å²) in [7, 11) is 1.26. The normalized spacial score (nSPS) is 11.3. The van der Waals surface area contributed by atoms with Crippen molar-refractivity contribution >= 4 is 44.4 Å². The highest BCUT2D eigenvalue weighted by atomic mass is 32.1. The highest BCUT2D eigenvalue weighted by Crippen LogP contribution is 2.27. The van der Waals surface area contributed by atoms with Crippen molar-refractivity contribution in [1.82, 2.24) is 24.2 Å². The number of amides is 1. The molecular formula is C17H18N6O4S2. The molecule has 3 N–H and O–H groups in total. The van der Waals surface area contributed by atoms with Crippen molar-refractivity contribution in [2.45, 2.75) is 27.1 Å². The molecule has 0 bridgehead atoms. The molecule has 4 rings (SSSR count). The highest BCUT2D eigenvalue weighted by Gasteiger charge is 2.25. The highest BCUT2D eigenvalue weighted by molar-refractivity contribution is 7.17. The fourth-order valence-corrected chi connectivity index (χ4v) is 4.85. The number of carbonyl (C=O) groups is 1. The number of hydrogen-bond acceptors (Lipinski definition) is 9. The Kier molecular flexibility index (Phi) is 5.08. The van der Waals surface area contributed by atoms with Gasteiger partial charge < -0.3 is 14.9 Å². The van der Waals surface area contributed by atoms with E-state index >= 15 is 0 Å². The maximum atomic E-state index is 11.7. The standard InChI is InChI=1S/C17H18N6O4S2/c1-8-13(22-4-10(6-24)28-15(22)18-8)12(20-21-17(26)27-3)14-9(2)19-16-23(14)5-11(7-25)29-16/h4-5,24-25H,6-7H2,1-3H3,(H,21,26). The van der Waals surface area contributed by atoms with Gasteiger partial charge in [-0.05, 0) is 13.8 Å². The summed E-state index contributed by atoms with van der Waals surface area (Å²) >= 11 is 2.75. The molecule has 12 heteroatoms. The molecular weight excluding hydrogens is 416 g/mol. The van der Waals surface area contributed by atoms with E-state index in [-0.39, 0.29) is 13.2 Å². The van der Waals surface area contributed by atoms with E-state index in [2.05, 4.69) is 25.2 Å². The third kappa shape index (κ3) is 3.29. The lowest BCUT2D eigenvalue weighted by Gasteiger charge is -2.08. The van der Waals surface area contributed by atoms with E-state index in [1.807, 2.05) is 22.6 Å². The Morgan fingerprint density at radius 1 is 1.07 bits per heavy atom. The van der Waals surface area contributed by atoms with Crippen molar-refractivity contribution in [3.8, 4) is 0 Å². The van der Waals surface area contributed by atoms with Crippen LogP contribution in [0.1, 0.15) is 32.5 Å². The molecule has 4 heterocycles. The van der Waals surface area contributed by atoms with E-state index in [0.29, 0.717) is 38.4 Å². The average Bonchev–Trinajstić information content (AvgIpc) is 3.42. The van der Waals surface area contributed by atoms with E-state index in [0.717, 1.165) is 9.75 Å². The van der Waals surface area contributed by atoms with Crippen LogP contribution in [0.2, 0.25) is 0 Å². The molecule has 0 atom stereocenters. The number of aromatic nitrogens is 4. The van der Waals surface area contributed by atoms with Gasteiger partial charge in [0.25, 0.3) is 0 Å². The molecule has 0 radical (unpaired) electrons. The van der Waals surface area contributed by atoms with Gasteiger partial charge in [0.2, 0.25) is 0 Å². The Balaban J connectivity index is 1.98. The number of ether oxygens (including phenoxy) is 1. The van der Waals surface area contributed by atoms with Crippen LogP contribution < -0.4 is 5.43 Å². The Bertz CT molecular complexity index is 1160. The van der Waals surface area contributed by atoms with Gasteiger partial charge in [-0.25, -0.2) is 20.2 Å². The minimum Gasteiger partial charge on any atom is -0.452 e. The Morgan fingerprint density at radius 3 is 1.97 bits per heavy atom. The molecule has 0 fully saturated rings. The van der Waals surface area contributed by atoms with E-state index < -0.39 is 6.09 Å². The third-order valence-corrected chi connectivity index (χ3v) is 6.24. The van der Waals surface area contributed by atoms with Crippen LogP contribution in [0.5, 0.6) is 0 Å². The summed E-state index contributed by atoms with van der Waals surface area (Å²) in [4.78, 5) is 23.8. The van der Waals surface area contributed by atoms with Gasteiger partial charge in [-0.15, -0.1) is 0 Å². The topological polar surface area (TPSA) is 126 Å². The Labute approximate surface area is 172 Å². The first-order chi connectivity index (χ1) is 14.0. The predicted octanol–water partition coefficient (Wildman–Crippen LogP) is 1.81. The number of aryl methyl sites for hydroxylation is 2. The number of fused-ring (bicyclic) bond motifs is 2. The maximum Gasteiger partial charge on any atom is 0.427 e. The number of aliphatic hydroxyl groups excluding tert-OH is 2. The summed E-state index contributed by atoms with van der Waals surface area (Å²) in [6, 6.07) is 0. The molecule has 0 unspecified atom stereocenters. The minimum atomic E-state index is -0.706. The summed E-state index contributed by atoms with van der Waals surface area (Å²) in [6.07, 6.45) is 2.88. The first-order valence-corrected chi connectivity index (χ1v) is 10.2. The van der Waals surface area contributed by atoms with Crippen LogP contribution in [0, 0.1) is 13.8 Å². The lowest BCUT2D eigenvalue weighted by Crippen LogP contribution is -2.22. The van der Waals surface area contributed by atoms with E-state index in [1.54, 1.807) is 12.4 Å². The van der Waals surface area contributed by atoms with Crippen LogP contribution in [-0.2, 0) is 18.0 Å². The summed E-state index contributed by atoms with van der Waals surface area (Å²) in [5, 5.41) is 23.3. The van der Waals surface area contributed by atoms with Crippen molar-refractivity contribution in [2.75, 3.05) is 7.11 Å². The molecule has 4 aromatic heterocycles. The molecule has 4 aromatic rings. The molecule has 152 valence electrons. The van der Waals surface area contributed by atoms with Gasteiger partial charge >= 0.3 is 6.09 Å². The van der Waals surface area contributed by atoms with Crippen LogP contribution >= 0.6 is 22.7 Å². The van der Waals surface area contributed by atoms with Crippen LogP contribution in [0.25, 0.3) is 9.92 Å². The molecule has 0 saturated carbocycles. The largest absolute Gasteiger partial charge is 0.452 e. The third-order valence-electron chi connectivity index (χ3n) is 4.30. The molecule has 0 spiro atoms. The Morgan fingerprint density at radius 2 is 1.55 bits per heavy atom. The second-order valence-corrected chi connectivity index (χ2v) is 8.36. The van der Waals surface area contributed by atoms with Gasteiger partial charge in [0.05, 0.1) is 52.9 Å². The molecule has 0 aromatic carbocycles. The minimum absolute atomic E-state index is 0.0975. The fraction of sp³-hybridized carbons (Fsp3) is 0.294. The molecule has 0 aliphatic heterocycles. The second kappa shape index (κ2) is 7.55. The number of methoxy groups -OCH3 is 1. The van der Waals surface area contributed by atoms with Gasteiger partial charge in [0.15, 0.2) is 9.92 Å². The summed E-state index contributed by atoms with van der Waals surface area (Å²) in [5.74, 6) is 0. The summed E-state index contributed by atoms with van der Waals surface area (Å²) in [5.41, 5.74) is 5.56. The zero-order valence-electron chi connectivity index (χ0n) is 15.8. The zero-order valence-corrected chi connectivity index (χ0v) is 17.5. The molecule has 0 aliphatic rings.